The van der Waals surface area contributed by atoms with Gasteiger partial charge in [0.2, 0.25) is 0 Å². The van der Waals surface area contributed by atoms with Gasteiger partial charge in [-0.05, 0) is 80.1 Å². The van der Waals surface area contributed by atoms with Crippen molar-refractivity contribution >= 4 is 11.9 Å². The maximum Gasteiger partial charge on any atom is 0.387 e. The van der Waals surface area contributed by atoms with Crippen LogP contribution >= 0.6 is 0 Å². The lowest BCUT2D eigenvalue weighted by Crippen LogP contribution is -2.49. The molecular formula is C21H24F2O3. The van der Waals surface area contributed by atoms with Gasteiger partial charge in [0.25, 0.3) is 0 Å². The van der Waals surface area contributed by atoms with Gasteiger partial charge < -0.3 is 9.47 Å². The molecule has 0 aromatic heterocycles. The average Bonchev–Trinajstić information content (AvgIpc) is 2.59. The van der Waals surface area contributed by atoms with Crippen molar-refractivity contribution in [2.45, 2.75) is 45.1 Å². The third kappa shape index (κ3) is 3.24. The molecule has 0 N–H and O–H groups in total. The molecule has 4 saturated carbocycles. The number of hydrogen-bond donors (Lipinski definition) is 0. The maximum absolute atomic E-state index is 13.0. The van der Waals surface area contributed by atoms with Crippen LogP contribution in [0.1, 0.15) is 44.1 Å². The van der Waals surface area contributed by atoms with E-state index in [1.807, 2.05) is 0 Å². The summed E-state index contributed by atoms with van der Waals surface area (Å²) in [5, 5.41) is 0. The van der Waals surface area contributed by atoms with Crippen LogP contribution in [0.3, 0.4) is 0 Å². The highest BCUT2D eigenvalue weighted by Crippen LogP contribution is 2.60. The van der Waals surface area contributed by atoms with Crippen molar-refractivity contribution < 1.29 is 23.0 Å². The number of rotatable bonds is 6. The van der Waals surface area contributed by atoms with Gasteiger partial charge in [-0.25, -0.2) is 0 Å². The van der Waals surface area contributed by atoms with E-state index in [0.29, 0.717) is 0 Å². The number of halogens is 2. The Hall–Kier alpha value is -1.91. The summed E-state index contributed by atoms with van der Waals surface area (Å²) in [4.78, 5) is 13.0. The second-order valence-electron chi connectivity index (χ2n) is 8.18. The SMILES string of the molecule is COc1cc(/C=C/C(=O)C23CC4CC(CC(C4)C2)C3)ccc1OC(F)F. The van der Waals surface area contributed by atoms with E-state index in [-0.39, 0.29) is 22.7 Å². The topological polar surface area (TPSA) is 35.5 Å². The van der Waals surface area contributed by atoms with Crippen molar-refractivity contribution in [1.29, 1.82) is 0 Å². The Morgan fingerprint density at radius 3 is 2.27 bits per heavy atom. The zero-order valence-corrected chi connectivity index (χ0v) is 14.9. The van der Waals surface area contributed by atoms with E-state index in [2.05, 4.69) is 4.74 Å². The zero-order valence-electron chi connectivity index (χ0n) is 14.9. The predicted molar refractivity (Wildman–Crippen MR) is 94.3 cm³/mol. The Bertz CT molecular complexity index is 691. The molecule has 0 aliphatic heterocycles. The molecule has 5 heteroatoms. The predicted octanol–water partition coefficient (Wildman–Crippen LogP) is 5.10. The van der Waals surface area contributed by atoms with Gasteiger partial charge in [-0.15, -0.1) is 0 Å². The molecule has 4 bridgehead atoms. The van der Waals surface area contributed by atoms with E-state index in [4.69, 9.17) is 4.74 Å². The fourth-order valence-corrected chi connectivity index (χ4v) is 5.74. The average molecular weight is 362 g/mol. The molecule has 0 unspecified atom stereocenters. The van der Waals surface area contributed by atoms with Crippen LogP contribution in [-0.4, -0.2) is 19.5 Å². The van der Waals surface area contributed by atoms with Crippen LogP contribution in [0.4, 0.5) is 8.78 Å². The van der Waals surface area contributed by atoms with Crippen LogP contribution in [-0.2, 0) is 4.79 Å². The minimum absolute atomic E-state index is 0.00735. The van der Waals surface area contributed by atoms with E-state index in [0.717, 1.165) is 42.6 Å². The first-order chi connectivity index (χ1) is 12.5. The Balaban J connectivity index is 1.50. The van der Waals surface area contributed by atoms with Crippen molar-refractivity contribution in [2.75, 3.05) is 7.11 Å². The number of ether oxygens (including phenoxy) is 2. The monoisotopic (exact) mass is 362 g/mol. The van der Waals surface area contributed by atoms with E-state index in [9.17, 15) is 13.6 Å². The van der Waals surface area contributed by atoms with Gasteiger partial charge in [-0.2, -0.15) is 8.78 Å². The van der Waals surface area contributed by atoms with Crippen molar-refractivity contribution in [1.82, 2.24) is 0 Å². The Labute approximate surface area is 152 Å². The largest absolute Gasteiger partial charge is 0.493 e. The maximum atomic E-state index is 13.0. The van der Waals surface area contributed by atoms with E-state index < -0.39 is 6.61 Å². The van der Waals surface area contributed by atoms with Crippen LogP contribution in [0.25, 0.3) is 6.08 Å². The minimum atomic E-state index is -2.90. The normalized spacial score (nSPS) is 32.4. The molecule has 0 atom stereocenters. The number of methoxy groups -OCH3 is 1. The molecule has 4 aliphatic carbocycles. The molecule has 1 aromatic carbocycles. The minimum Gasteiger partial charge on any atom is -0.493 e. The second kappa shape index (κ2) is 6.67. The van der Waals surface area contributed by atoms with Gasteiger partial charge in [-0.1, -0.05) is 12.1 Å². The fraction of sp³-hybridized carbons (Fsp3) is 0.571. The van der Waals surface area contributed by atoms with E-state index in [1.165, 1.54) is 32.4 Å². The highest BCUT2D eigenvalue weighted by Gasteiger charge is 2.53. The summed E-state index contributed by atoms with van der Waals surface area (Å²) >= 11 is 0. The number of ketones is 1. The number of benzene rings is 1. The second-order valence-corrected chi connectivity index (χ2v) is 8.18. The molecule has 5 rings (SSSR count). The summed E-state index contributed by atoms with van der Waals surface area (Å²) in [6.07, 6.45) is 10.5. The van der Waals surface area contributed by atoms with Crippen molar-refractivity contribution in [2.24, 2.45) is 23.2 Å². The van der Waals surface area contributed by atoms with Gasteiger partial charge in [0.15, 0.2) is 17.3 Å². The molecule has 1 aromatic rings. The molecule has 0 heterocycles. The summed E-state index contributed by atoms with van der Waals surface area (Å²) in [7, 11) is 1.40. The van der Waals surface area contributed by atoms with E-state index >= 15 is 0 Å². The van der Waals surface area contributed by atoms with Crippen LogP contribution in [0.2, 0.25) is 0 Å². The first-order valence-corrected chi connectivity index (χ1v) is 9.33. The van der Waals surface area contributed by atoms with Crippen molar-refractivity contribution in [3.8, 4) is 11.5 Å². The number of alkyl halides is 2. The van der Waals surface area contributed by atoms with Gasteiger partial charge in [-0.3, -0.25) is 4.79 Å². The lowest BCUT2D eigenvalue weighted by Gasteiger charge is -2.55. The number of allylic oxidation sites excluding steroid dienone is 1. The van der Waals surface area contributed by atoms with Crippen molar-refractivity contribution in [3.63, 3.8) is 0 Å². The van der Waals surface area contributed by atoms with Crippen LogP contribution in [0, 0.1) is 23.2 Å². The number of carbonyl (C=O) groups excluding carboxylic acids is 1. The van der Waals surface area contributed by atoms with Crippen LogP contribution < -0.4 is 9.47 Å². The van der Waals surface area contributed by atoms with Gasteiger partial charge in [0, 0.05) is 5.41 Å². The third-order valence-corrected chi connectivity index (χ3v) is 6.39. The Morgan fingerprint density at radius 1 is 1.12 bits per heavy atom. The lowest BCUT2D eigenvalue weighted by atomic mass is 9.48. The van der Waals surface area contributed by atoms with Crippen molar-refractivity contribution in [3.05, 3.63) is 29.8 Å². The molecular weight excluding hydrogens is 338 g/mol. The summed E-state index contributed by atoms with van der Waals surface area (Å²) in [5.74, 6) is 2.63. The number of hydrogen-bond acceptors (Lipinski definition) is 3. The molecule has 4 aliphatic rings. The van der Waals surface area contributed by atoms with E-state index in [1.54, 1.807) is 24.3 Å². The molecule has 3 nitrogen and oxygen atoms in total. The highest BCUT2D eigenvalue weighted by molar-refractivity contribution is 5.98. The molecule has 140 valence electrons. The summed E-state index contributed by atoms with van der Waals surface area (Å²) < 4.78 is 34.4. The number of carbonyl (C=O) groups is 1. The third-order valence-electron chi connectivity index (χ3n) is 6.39. The quantitative estimate of drug-likeness (QED) is 0.661. The molecule has 26 heavy (non-hydrogen) atoms. The smallest absolute Gasteiger partial charge is 0.387 e. The molecule has 4 fully saturated rings. The van der Waals surface area contributed by atoms with Gasteiger partial charge >= 0.3 is 6.61 Å². The Morgan fingerprint density at radius 2 is 1.73 bits per heavy atom. The first kappa shape index (κ1) is 17.5. The van der Waals surface area contributed by atoms with Gasteiger partial charge in [0.05, 0.1) is 7.11 Å². The highest BCUT2D eigenvalue weighted by atomic mass is 19.3. The molecule has 0 amide bonds. The molecule has 0 spiro atoms. The Kier molecular flexibility index (Phi) is 4.49. The standard InChI is InChI=1S/C21H24F2O3/c1-25-18-9-13(2-4-17(18)26-20(22)23)3-5-19(24)21-10-14-6-15(11-21)8-16(7-14)12-21/h2-5,9,14-16,20H,6-8,10-12H2,1H3/b5-3+. The summed E-state index contributed by atoms with van der Waals surface area (Å²) in [5.41, 5.74) is 0.579. The lowest BCUT2D eigenvalue weighted by molar-refractivity contribution is -0.138. The fourth-order valence-electron chi connectivity index (χ4n) is 5.74. The molecule has 0 radical (unpaired) electrons. The van der Waals surface area contributed by atoms with Crippen LogP contribution in [0.5, 0.6) is 11.5 Å². The first-order valence-electron chi connectivity index (χ1n) is 9.33. The summed E-state index contributed by atoms with van der Waals surface area (Å²) in [6.45, 7) is -2.90. The van der Waals surface area contributed by atoms with Gasteiger partial charge in [0.1, 0.15) is 0 Å². The summed E-state index contributed by atoms with van der Waals surface area (Å²) in [6, 6.07) is 4.71. The molecule has 0 saturated heterocycles. The van der Waals surface area contributed by atoms with Crippen LogP contribution in [0.15, 0.2) is 24.3 Å². The zero-order chi connectivity index (χ0) is 18.3.